The minimum atomic E-state index is -0.383. The number of hydrogen-bond donors (Lipinski definition) is 2. The van der Waals surface area contributed by atoms with Crippen LogP contribution in [0.15, 0.2) is 24.3 Å². The van der Waals surface area contributed by atoms with Crippen molar-refractivity contribution in [3.05, 3.63) is 35.6 Å². The van der Waals surface area contributed by atoms with Crippen molar-refractivity contribution >= 4 is 5.91 Å². The summed E-state index contributed by atoms with van der Waals surface area (Å²) in [6, 6.07) is 6.09. The largest absolute Gasteiger partial charge is 0.350 e. The highest BCUT2D eigenvalue weighted by Crippen LogP contribution is 2.05. The Morgan fingerprint density at radius 1 is 1.56 bits per heavy atom. The van der Waals surface area contributed by atoms with Crippen LogP contribution in [-0.2, 0) is 0 Å². The van der Waals surface area contributed by atoms with Gasteiger partial charge in [0.25, 0.3) is 5.91 Å². The number of halogens is 1. The molecule has 1 heterocycles. The first kappa shape index (κ1) is 11.1. The lowest BCUT2D eigenvalue weighted by Crippen LogP contribution is -2.37. The molecule has 16 heavy (non-hydrogen) atoms. The molecule has 0 saturated carbocycles. The fourth-order valence-electron chi connectivity index (χ4n) is 1.88. The summed E-state index contributed by atoms with van der Waals surface area (Å²) in [6.45, 7) is 1.62. The fraction of sp³-hybridized carbons (Fsp3) is 0.417. The molecule has 0 bridgehead atoms. The molecule has 2 N–H and O–H groups in total. The molecule has 1 aliphatic rings. The second-order valence-corrected chi connectivity index (χ2v) is 4.01. The van der Waals surface area contributed by atoms with Gasteiger partial charge in [-0.15, -0.1) is 0 Å². The second kappa shape index (κ2) is 5.07. The quantitative estimate of drug-likeness (QED) is 0.809. The number of hydrogen-bond acceptors (Lipinski definition) is 2. The van der Waals surface area contributed by atoms with Crippen LogP contribution in [0.25, 0.3) is 0 Å². The van der Waals surface area contributed by atoms with Gasteiger partial charge in [-0.05, 0) is 37.6 Å². The normalized spacial score (nSPS) is 19.7. The molecule has 1 aromatic carbocycles. The molecule has 1 atom stereocenters. The zero-order valence-electron chi connectivity index (χ0n) is 9.00. The monoisotopic (exact) mass is 222 g/mol. The third-order valence-electron chi connectivity index (χ3n) is 2.76. The Kier molecular flexibility index (Phi) is 3.51. The predicted molar refractivity (Wildman–Crippen MR) is 59.8 cm³/mol. The molecule has 4 heteroatoms. The van der Waals surface area contributed by atoms with Gasteiger partial charge in [0.15, 0.2) is 0 Å². The third kappa shape index (κ3) is 2.79. The summed E-state index contributed by atoms with van der Waals surface area (Å²) >= 11 is 0. The number of carbonyl (C=O) groups excluding carboxylic acids is 1. The van der Waals surface area contributed by atoms with Crippen LogP contribution >= 0.6 is 0 Å². The van der Waals surface area contributed by atoms with Crippen molar-refractivity contribution in [2.24, 2.45) is 0 Å². The second-order valence-electron chi connectivity index (χ2n) is 4.01. The van der Waals surface area contributed by atoms with Gasteiger partial charge in [0.1, 0.15) is 5.82 Å². The summed E-state index contributed by atoms with van der Waals surface area (Å²) in [6.07, 6.45) is 2.24. The Morgan fingerprint density at radius 3 is 3.12 bits per heavy atom. The maximum absolute atomic E-state index is 12.9. The van der Waals surface area contributed by atoms with Crippen molar-refractivity contribution in [3.8, 4) is 0 Å². The van der Waals surface area contributed by atoms with Crippen molar-refractivity contribution in [3.63, 3.8) is 0 Å². The van der Waals surface area contributed by atoms with E-state index in [9.17, 15) is 9.18 Å². The summed E-state index contributed by atoms with van der Waals surface area (Å²) in [7, 11) is 0. The topological polar surface area (TPSA) is 41.1 Å². The number of amides is 1. The number of benzene rings is 1. The Bertz CT molecular complexity index is 375. The van der Waals surface area contributed by atoms with E-state index in [1.165, 1.54) is 18.2 Å². The van der Waals surface area contributed by atoms with Gasteiger partial charge in [-0.2, -0.15) is 0 Å². The smallest absolute Gasteiger partial charge is 0.251 e. The molecule has 1 aromatic rings. The molecule has 0 radical (unpaired) electrons. The lowest BCUT2D eigenvalue weighted by molar-refractivity contribution is 0.0950. The van der Waals surface area contributed by atoms with Crippen molar-refractivity contribution in [2.45, 2.75) is 18.9 Å². The van der Waals surface area contributed by atoms with Gasteiger partial charge >= 0.3 is 0 Å². The molecule has 3 nitrogen and oxygen atoms in total. The summed E-state index contributed by atoms with van der Waals surface area (Å²) in [5, 5.41) is 6.09. The van der Waals surface area contributed by atoms with E-state index in [0.29, 0.717) is 18.2 Å². The van der Waals surface area contributed by atoms with Crippen molar-refractivity contribution in [1.82, 2.24) is 10.6 Å². The van der Waals surface area contributed by atoms with E-state index in [4.69, 9.17) is 0 Å². The Morgan fingerprint density at radius 2 is 2.44 bits per heavy atom. The van der Waals surface area contributed by atoms with Crippen molar-refractivity contribution < 1.29 is 9.18 Å². The molecule has 2 rings (SSSR count). The Balaban J connectivity index is 1.87. The minimum absolute atomic E-state index is 0.215. The van der Waals surface area contributed by atoms with Crippen molar-refractivity contribution in [2.75, 3.05) is 13.1 Å². The van der Waals surface area contributed by atoms with E-state index >= 15 is 0 Å². The molecular formula is C12H15FN2O. The molecule has 0 spiro atoms. The van der Waals surface area contributed by atoms with E-state index in [2.05, 4.69) is 10.6 Å². The highest BCUT2D eigenvalue weighted by molar-refractivity contribution is 5.94. The first-order chi connectivity index (χ1) is 7.75. The highest BCUT2D eigenvalue weighted by Gasteiger charge is 2.15. The van der Waals surface area contributed by atoms with Gasteiger partial charge in [-0.1, -0.05) is 6.07 Å². The number of rotatable bonds is 3. The SMILES string of the molecule is O=C(NC[C@H]1CCCN1)c1cccc(F)c1. The van der Waals surface area contributed by atoms with Crippen LogP contribution in [0.2, 0.25) is 0 Å². The molecular weight excluding hydrogens is 207 g/mol. The number of carbonyl (C=O) groups is 1. The first-order valence-corrected chi connectivity index (χ1v) is 5.53. The van der Waals surface area contributed by atoms with Crippen LogP contribution in [0.1, 0.15) is 23.2 Å². The van der Waals surface area contributed by atoms with E-state index < -0.39 is 0 Å². The molecule has 0 aromatic heterocycles. The molecule has 1 fully saturated rings. The molecule has 1 amide bonds. The van der Waals surface area contributed by atoms with Gasteiger partial charge in [-0.25, -0.2) is 4.39 Å². The van der Waals surface area contributed by atoms with Gasteiger partial charge < -0.3 is 10.6 Å². The van der Waals surface area contributed by atoms with E-state index in [0.717, 1.165) is 19.4 Å². The van der Waals surface area contributed by atoms with Crippen LogP contribution in [-0.4, -0.2) is 25.0 Å². The van der Waals surface area contributed by atoms with Crippen LogP contribution in [0.5, 0.6) is 0 Å². The van der Waals surface area contributed by atoms with Crippen molar-refractivity contribution in [1.29, 1.82) is 0 Å². The third-order valence-corrected chi connectivity index (χ3v) is 2.76. The summed E-state index contributed by atoms with van der Waals surface area (Å²) < 4.78 is 12.9. The zero-order valence-corrected chi connectivity index (χ0v) is 9.00. The summed E-state index contributed by atoms with van der Waals surface area (Å²) in [5.74, 6) is -0.597. The fourth-order valence-corrected chi connectivity index (χ4v) is 1.88. The van der Waals surface area contributed by atoms with Crippen LogP contribution in [0.4, 0.5) is 4.39 Å². The average Bonchev–Trinajstić information content (AvgIpc) is 2.78. The van der Waals surface area contributed by atoms with Gasteiger partial charge in [-0.3, -0.25) is 4.79 Å². The maximum Gasteiger partial charge on any atom is 0.251 e. The first-order valence-electron chi connectivity index (χ1n) is 5.53. The number of nitrogens with one attached hydrogen (secondary N) is 2. The van der Waals surface area contributed by atoms with Gasteiger partial charge in [0, 0.05) is 18.2 Å². The molecule has 86 valence electrons. The lowest BCUT2D eigenvalue weighted by atomic mass is 10.2. The Hall–Kier alpha value is -1.42. The maximum atomic E-state index is 12.9. The summed E-state index contributed by atoms with van der Waals surface area (Å²) in [5.41, 5.74) is 0.373. The van der Waals surface area contributed by atoms with Crippen LogP contribution < -0.4 is 10.6 Å². The lowest BCUT2D eigenvalue weighted by Gasteiger charge is -2.11. The molecule has 0 aliphatic carbocycles. The minimum Gasteiger partial charge on any atom is -0.350 e. The van der Waals surface area contributed by atoms with E-state index in [1.54, 1.807) is 6.07 Å². The predicted octanol–water partition coefficient (Wildman–Crippen LogP) is 1.31. The van der Waals surface area contributed by atoms with Gasteiger partial charge in [0.2, 0.25) is 0 Å². The van der Waals surface area contributed by atoms with E-state index in [-0.39, 0.29) is 11.7 Å². The Labute approximate surface area is 94.0 Å². The molecule has 1 aliphatic heterocycles. The molecule has 1 saturated heterocycles. The zero-order chi connectivity index (χ0) is 11.4. The molecule has 0 unspecified atom stereocenters. The standard InChI is InChI=1S/C12H15FN2O/c13-10-4-1-3-9(7-10)12(16)15-8-11-5-2-6-14-11/h1,3-4,7,11,14H,2,5-6,8H2,(H,15,16)/t11-/m1/s1. The van der Waals surface area contributed by atoms with E-state index in [1.807, 2.05) is 0 Å². The average molecular weight is 222 g/mol. The van der Waals surface area contributed by atoms with Gasteiger partial charge in [0.05, 0.1) is 0 Å². The summed E-state index contributed by atoms with van der Waals surface area (Å²) in [4.78, 5) is 11.6. The highest BCUT2D eigenvalue weighted by atomic mass is 19.1. The van der Waals surface area contributed by atoms with Crippen LogP contribution in [0, 0.1) is 5.82 Å². The van der Waals surface area contributed by atoms with Crippen LogP contribution in [0.3, 0.4) is 0 Å².